The van der Waals surface area contributed by atoms with Crippen molar-refractivity contribution in [1.29, 1.82) is 0 Å². The quantitative estimate of drug-likeness (QED) is 0.438. The van der Waals surface area contributed by atoms with Gasteiger partial charge in [0, 0.05) is 23.9 Å². The second-order valence-corrected chi connectivity index (χ2v) is 6.19. The number of hydrogen-bond acceptors (Lipinski definition) is 0. The summed E-state index contributed by atoms with van der Waals surface area (Å²) in [6.07, 6.45) is 1.15. The van der Waals surface area contributed by atoms with Crippen molar-refractivity contribution < 1.29 is 8.78 Å². The van der Waals surface area contributed by atoms with Crippen LogP contribution in [0, 0.1) is 11.6 Å². The monoisotopic (exact) mass is 326 g/mol. The van der Waals surface area contributed by atoms with Crippen molar-refractivity contribution in [3.63, 3.8) is 0 Å². The van der Waals surface area contributed by atoms with Gasteiger partial charge in [-0.15, -0.1) is 0 Å². The van der Waals surface area contributed by atoms with Crippen LogP contribution in [0.1, 0.15) is 22.3 Å². The molecule has 0 N–H and O–H groups in total. The van der Waals surface area contributed by atoms with E-state index in [4.69, 9.17) is 11.6 Å². The van der Waals surface area contributed by atoms with Gasteiger partial charge in [-0.3, -0.25) is 0 Å². The molecule has 0 nitrogen and oxygen atoms in total. The molecule has 0 saturated carbocycles. The summed E-state index contributed by atoms with van der Waals surface area (Å²) in [7, 11) is 0. The molecule has 1 aliphatic carbocycles. The fourth-order valence-electron chi connectivity index (χ4n) is 3.23. The van der Waals surface area contributed by atoms with Crippen molar-refractivity contribution >= 4 is 11.6 Å². The molecule has 0 spiro atoms. The molecule has 3 aromatic rings. The average Bonchev–Trinajstić information content (AvgIpc) is 2.92. The Morgan fingerprint density at radius 2 is 1.65 bits per heavy atom. The van der Waals surface area contributed by atoms with Gasteiger partial charge in [-0.25, -0.2) is 8.78 Å². The summed E-state index contributed by atoms with van der Waals surface area (Å²) >= 11 is 6.58. The Morgan fingerprint density at radius 1 is 0.870 bits per heavy atom. The standard InChI is InChI=1S/C20H13ClF2/c21-20-14(9-13-5-7-15(22)11-19(13)23)6-8-17-16-4-2-1-3-12(16)10-18(17)20/h1-8,11H,9-10H2. The first-order valence-electron chi connectivity index (χ1n) is 7.46. The number of benzene rings is 3. The van der Waals surface area contributed by atoms with E-state index in [-0.39, 0.29) is 0 Å². The van der Waals surface area contributed by atoms with Crippen molar-refractivity contribution in [3.05, 3.63) is 93.5 Å². The molecule has 0 radical (unpaired) electrons. The van der Waals surface area contributed by atoms with E-state index >= 15 is 0 Å². The van der Waals surface area contributed by atoms with E-state index in [1.165, 1.54) is 23.3 Å². The van der Waals surface area contributed by atoms with Gasteiger partial charge in [-0.2, -0.15) is 0 Å². The highest BCUT2D eigenvalue weighted by Gasteiger charge is 2.22. The molecule has 0 unspecified atom stereocenters. The van der Waals surface area contributed by atoms with E-state index in [1.54, 1.807) is 0 Å². The molecule has 114 valence electrons. The molecule has 0 atom stereocenters. The summed E-state index contributed by atoms with van der Waals surface area (Å²) in [5, 5.41) is 0.683. The van der Waals surface area contributed by atoms with Gasteiger partial charge in [-0.1, -0.05) is 54.1 Å². The number of rotatable bonds is 2. The van der Waals surface area contributed by atoms with Crippen LogP contribution in [-0.4, -0.2) is 0 Å². The van der Waals surface area contributed by atoms with Crippen LogP contribution in [0.2, 0.25) is 5.02 Å². The fourth-order valence-corrected chi connectivity index (χ4v) is 3.53. The second-order valence-electron chi connectivity index (χ2n) is 5.81. The Bertz CT molecular complexity index is 916. The molecule has 0 saturated heterocycles. The Labute approximate surface area is 138 Å². The SMILES string of the molecule is Fc1ccc(Cc2ccc3c(c2Cl)Cc2ccccc2-3)c(F)c1. The average molecular weight is 327 g/mol. The van der Waals surface area contributed by atoms with Gasteiger partial charge < -0.3 is 0 Å². The molecule has 4 rings (SSSR count). The Balaban J connectivity index is 1.74. The lowest BCUT2D eigenvalue weighted by molar-refractivity contribution is 0.574. The maximum Gasteiger partial charge on any atom is 0.129 e. The van der Waals surface area contributed by atoms with Crippen LogP contribution < -0.4 is 0 Å². The fraction of sp³-hybridized carbons (Fsp3) is 0.100. The van der Waals surface area contributed by atoms with Gasteiger partial charge in [0.1, 0.15) is 11.6 Å². The maximum atomic E-state index is 13.9. The molecule has 0 bridgehead atoms. The minimum absolute atomic E-state index is 0.356. The third-order valence-electron chi connectivity index (χ3n) is 4.39. The summed E-state index contributed by atoms with van der Waals surface area (Å²) in [6, 6.07) is 15.9. The summed E-state index contributed by atoms with van der Waals surface area (Å²) in [4.78, 5) is 0. The van der Waals surface area contributed by atoms with E-state index in [0.717, 1.165) is 29.2 Å². The van der Waals surface area contributed by atoms with E-state index in [0.29, 0.717) is 17.0 Å². The lowest BCUT2D eigenvalue weighted by Gasteiger charge is -2.10. The predicted octanol–water partition coefficient (Wildman–Crippen LogP) is 5.78. The minimum Gasteiger partial charge on any atom is -0.207 e. The Hall–Kier alpha value is -2.19. The Morgan fingerprint density at radius 3 is 2.48 bits per heavy atom. The highest BCUT2D eigenvalue weighted by atomic mass is 35.5. The van der Waals surface area contributed by atoms with E-state index in [9.17, 15) is 8.78 Å². The van der Waals surface area contributed by atoms with Crippen molar-refractivity contribution in [2.45, 2.75) is 12.8 Å². The van der Waals surface area contributed by atoms with Crippen LogP contribution in [-0.2, 0) is 12.8 Å². The molecule has 0 aromatic heterocycles. The van der Waals surface area contributed by atoms with E-state index in [1.807, 2.05) is 24.3 Å². The highest BCUT2D eigenvalue weighted by Crippen LogP contribution is 2.41. The summed E-state index contributed by atoms with van der Waals surface area (Å²) in [5.41, 5.74) is 6.02. The molecule has 1 aliphatic rings. The molecule has 23 heavy (non-hydrogen) atoms. The summed E-state index contributed by atoms with van der Waals surface area (Å²) in [5.74, 6) is -1.10. The van der Waals surface area contributed by atoms with Gasteiger partial charge in [0.2, 0.25) is 0 Å². The number of hydrogen-bond donors (Lipinski definition) is 0. The zero-order chi connectivity index (χ0) is 16.0. The van der Waals surface area contributed by atoms with Crippen LogP contribution in [0.3, 0.4) is 0 Å². The third-order valence-corrected chi connectivity index (χ3v) is 4.86. The second kappa shape index (κ2) is 5.47. The smallest absolute Gasteiger partial charge is 0.129 e. The van der Waals surface area contributed by atoms with Crippen LogP contribution in [0.5, 0.6) is 0 Å². The molecule has 0 fully saturated rings. The molecular formula is C20H13ClF2. The number of fused-ring (bicyclic) bond motifs is 3. The van der Waals surface area contributed by atoms with Gasteiger partial charge in [0.15, 0.2) is 0 Å². The molecule has 3 aromatic carbocycles. The summed E-state index contributed by atoms with van der Waals surface area (Å²) < 4.78 is 26.9. The highest BCUT2D eigenvalue weighted by molar-refractivity contribution is 6.32. The lowest BCUT2D eigenvalue weighted by atomic mass is 9.98. The minimum atomic E-state index is -0.568. The first-order valence-corrected chi connectivity index (χ1v) is 7.84. The maximum absolute atomic E-state index is 13.9. The van der Waals surface area contributed by atoms with Gasteiger partial charge in [-0.05, 0) is 39.4 Å². The molecule has 3 heteroatoms. The Kier molecular flexibility index (Phi) is 3.42. The molecular weight excluding hydrogens is 314 g/mol. The normalized spacial score (nSPS) is 12.1. The van der Waals surface area contributed by atoms with Crippen molar-refractivity contribution in [1.82, 2.24) is 0 Å². The topological polar surface area (TPSA) is 0 Å². The van der Waals surface area contributed by atoms with Crippen molar-refractivity contribution in [2.24, 2.45) is 0 Å². The van der Waals surface area contributed by atoms with Gasteiger partial charge in [0.05, 0.1) is 0 Å². The molecule has 0 amide bonds. The van der Waals surface area contributed by atoms with Gasteiger partial charge in [0.25, 0.3) is 0 Å². The van der Waals surface area contributed by atoms with E-state index in [2.05, 4.69) is 12.1 Å². The zero-order valence-electron chi connectivity index (χ0n) is 12.2. The largest absolute Gasteiger partial charge is 0.207 e. The zero-order valence-corrected chi connectivity index (χ0v) is 13.0. The van der Waals surface area contributed by atoms with Crippen LogP contribution in [0.25, 0.3) is 11.1 Å². The van der Waals surface area contributed by atoms with Gasteiger partial charge >= 0.3 is 0 Å². The first kappa shape index (κ1) is 14.4. The van der Waals surface area contributed by atoms with Crippen molar-refractivity contribution in [2.75, 3.05) is 0 Å². The predicted molar refractivity (Wildman–Crippen MR) is 88.9 cm³/mol. The molecule has 0 aliphatic heterocycles. The first-order chi connectivity index (χ1) is 11.1. The van der Waals surface area contributed by atoms with Crippen LogP contribution in [0.15, 0.2) is 54.6 Å². The van der Waals surface area contributed by atoms with Crippen LogP contribution in [0.4, 0.5) is 8.78 Å². The number of halogens is 3. The lowest BCUT2D eigenvalue weighted by Crippen LogP contribution is -1.96. The molecule has 0 heterocycles. The third kappa shape index (κ3) is 2.43. The van der Waals surface area contributed by atoms with Crippen LogP contribution >= 0.6 is 11.6 Å². The summed E-state index contributed by atoms with van der Waals surface area (Å²) in [6.45, 7) is 0. The van der Waals surface area contributed by atoms with E-state index < -0.39 is 11.6 Å². The van der Waals surface area contributed by atoms with Crippen molar-refractivity contribution in [3.8, 4) is 11.1 Å².